The number of hydrogen-bond donors (Lipinski definition) is 1. The normalized spacial score (nSPS) is 20.0. The summed E-state index contributed by atoms with van der Waals surface area (Å²) in [7, 11) is 0. The molecule has 5 rings (SSSR count). The predicted molar refractivity (Wildman–Crippen MR) is 111 cm³/mol. The Kier molecular flexibility index (Phi) is 4.57. The summed E-state index contributed by atoms with van der Waals surface area (Å²) in [5.41, 5.74) is 3.56. The van der Waals surface area contributed by atoms with E-state index in [1.807, 2.05) is 42.6 Å². The molecular weight excluding hydrogens is 368 g/mol. The zero-order valence-corrected chi connectivity index (χ0v) is 15.8. The summed E-state index contributed by atoms with van der Waals surface area (Å²) in [6.07, 6.45) is 5.45. The zero-order valence-electron chi connectivity index (χ0n) is 15.8. The molecule has 2 aromatic heterocycles. The van der Waals surface area contributed by atoms with E-state index in [4.69, 9.17) is 9.47 Å². The van der Waals surface area contributed by atoms with Crippen LogP contribution in [-0.4, -0.2) is 48.0 Å². The molecule has 1 N–H and O–H groups in total. The van der Waals surface area contributed by atoms with Gasteiger partial charge in [0, 0.05) is 42.1 Å². The first-order valence-corrected chi connectivity index (χ1v) is 9.61. The molecule has 4 heterocycles. The Labute approximate surface area is 167 Å². The van der Waals surface area contributed by atoms with Crippen LogP contribution in [0.25, 0.3) is 17.1 Å². The van der Waals surface area contributed by atoms with Crippen LogP contribution in [0, 0.1) is 0 Å². The lowest BCUT2D eigenvalue weighted by molar-refractivity contribution is -0.114. The molecule has 146 valence electrons. The Balaban J connectivity index is 1.33. The quantitative estimate of drug-likeness (QED) is 0.695. The second-order valence-electron chi connectivity index (χ2n) is 6.98. The SMILES string of the molecule is O=C1CC(=Nc2ccc(N3CCOCC3)cc2)O/C1=C\c1c[nH]c2ncccc12. The van der Waals surface area contributed by atoms with Crippen molar-refractivity contribution in [2.45, 2.75) is 6.42 Å². The molecular formula is C22H20N4O3. The molecule has 0 amide bonds. The molecule has 2 aliphatic rings. The van der Waals surface area contributed by atoms with Crippen molar-refractivity contribution >= 4 is 40.2 Å². The Morgan fingerprint density at radius 1 is 1.14 bits per heavy atom. The molecule has 2 saturated heterocycles. The van der Waals surface area contributed by atoms with E-state index in [1.165, 1.54) is 0 Å². The van der Waals surface area contributed by atoms with Crippen LogP contribution in [0.1, 0.15) is 12.0 Å². The van der Waals surface area contributed by atoms with Crippen molar-refractivity contribution in [3.63, 3.8) is 0 Å². The number of rotatable bonds is 3. The van der Waals surface area contributed by atoms with Gasteiger partial charge in [0.2, 0.25) is 11.7 Å². The highest BCUT2D eigenvalue weighted by molar-refractivity contribution is 6.15. The van der Waals surface area contributed by atoms with Crippen molar-refractivity contribution in [2.75, 3.05) is 31.2 Å². The smallest absolute Gasteiger partial charge is 0.207 e. The van der Waals surface area contributed by atoms with Gasteiger partial charge in [0.25, 0.3) is 0 Å². The third-order valence-electron chi connectivity index (χ3n) is 5.06. The average molecular weight is 388 g/mol. The highest BCUT2D eigenvalue weighted by atomic mass is 16.5. The second kappa shape index (κ2) is 7.52. The van der Waals surface area contributed by atoms with Gasteiger partial charge in [0.1, 0.15) is 5.65 Å². The number of ketones is 1. The topological polar surface area (TPSA) is 79.8 Å². The van der Waals surface area contributed by atoms with Crippen LogP contribution in [0.5, 0.6) is 0 Å². The molecule has 0 saturated carbocycles. The van der Waals surface area contributed by atoms with E-state index in [1.54, 1.807) is 12.3 Å². The minimum absolute atomic E-state index is 0.0769. The molecule has 0 atom stereocenters. The highest BCUT2D eigenvalue weighted by Crippen LogP contribution is 2.26. The van der Waals surface area contributed by atoms with Crippen LogP contribution in [0.4, 0.5) is 11.4 Å². The van der Waals surface area contributed by atoms with Crippen molar-refractivity contribution in [2.24, 2.45) is 4.99 Å². The molecule has 1 aromatic carbocycles. The lowest BCUT2D eigenvalue weighted by Gasteiger charge is -2.28. The third-order valence-corrected chi connectivity index (χ3v) is 5.06. The van der Waals surface area contributed by atoms with Gasteiger partial charge in [0.15, 0.2) is 5.76 Å². The number of fused-ring (bicyclic) bond motifs is 1. The molecule has 2 aliphatic heterocycles. The summed E-state index contributed by atoms with van der Waals surface area (Å²) < 4.78 is 11.1. The summed E-state index contributed by atoms with van der Waals surface area (Å²) >= 11 is 0. The Morgan fingerprint density at radius 2 is 1.97 bits per heavy atom. The average Bonchev–Trinajstić information content (AvgIpc) is 3.33. The number of allylic oxidation sites excluding steroid dienone is 1. The van der Waals surface area contributed by atoms with Crippen molar-refractivity contribution in [3.05, 3.63) is 60.1 Å². The number of hydrogen-bond acceptors (Lipinski definition) is 6. The lowest BCUT2D eigenvalue weighted by Crippen LogP contribution is -2.36. The monoisotopic (exact) mass is 388 g/mol. The number of carbonyl (C=O) groups excluding carboxylic acids is 1. The van der Waals surface area contributed by atoms with E-state index in [-0.39, 0.29) is 12.2 Å². The maximum atomic E-state index is 12.4. The molecule has 7 heteroatoms. The minimum atomic E-state index is -0.0769. The van der Waals surface area contributed by atoms with Crippen molar-refractivity contribution in [1.82, 2.24) is 9.97 Å². The van der Waals surface area contributed by atoms with E-state index >= 15 is 0 Å². The van der Waals surface area contributed by atoms with E-state index in [9.17, 15) is 4.79 Å². The molecule has 0 spiro atoms. The van der Waals surface area contributed by atoms with Crippen LogP contribution >= 0.6 is 0 Å². The number of aromatic amines is 1. The standard InChI is InChI=1S/C22H20N4O3/c27-19-13-21(25-16-3-5-17(6-4-16)26-8-10-28-11-9-26)29-20(19)12-15-14-24-22-18(15)2-1-7-23-22/h1-7,12,14H,8-11,13H2,(H,23,24)/b20-12-,25-21?. The summed E-state index contributed by atoms with van der Waals surface area (Å²) in [5, 5.41) is 0.945. The Morgan fingerprint density at radius 3 is 2.79 bits per heavy atom. The molecule has 3 aromatic rings. The summed E-state index contributed by atoms with van der Waals surface area (Å²) in [4.78, 5) is 26.5. The summed E-state index contributed by atoms with van der Waals surface area (Å²) in [6.45, 7) is 3.29. The van der Waals surface area contributed by atoms with Crippen molar-refractivity contribution in [3.8, 4) is 0 Å². The fourth-order valence-electron chi connectivity index (χ4n) is 3.56. The van der Waals surface area contributed by atoms with E-state index in [2.05, 4.69) is 19.9 Å². The number of H-pyrrole nitrogens is 1. The maximum Gasteiger partial charge on any atom is 0.207 e. The molecule has 2 fully saturated rings. The summed E-state index contributed by atoms with van der Waals surface area (Å²) in [6, 6.07) is 11.8. The molecule has 7 nitrogen and oxygen atoms in total. The molecule has 0 bridgehead atoms. The van der Waals surface area contributed by atoms with Gasteiger partial charge in [-0.3, -0.25) is 4.79 Å². The van der Waals surface area contributed by atoms with Gasteiger partial charge in [-0.15, -0.1) is 0 Å². The van der Waals surface area contributed by atoms with E-state index < -0.39 is 0 Å². The molecule has 0 unspecified atom stereocenters. The maximum absolute atomic E-state index is 12.4. The summed E-state index contributed by atoms with van der Waals surface area (Å²) in [5.74, 6) is 0.642. The minimum Gasteiger partial charge on any atom is -0.439 e. The van der Waals surface area contributed by atoms with Crippen LogP contribution in [0.2, 0.25) is 0 Å². The number of pyridine rings is 1. The number of ether oxygens (including phenoxy) is 2. The molecule has 0 aliphatic carbocycles. The number of nitrogens with zero attached hydrogens (tertiary/aromatic N) is 3. The largest absolute Gasteiger partial charge is 0.439 e. The van der Waals surface area contributed by atoms with Crippen LogP contribution in [-0.2, 0) is 14.3 Å². The van der Waals surface area contributed by atoms with Gasteiger partial charge >= 0.3 is 0 Å². The number of benzene rings is 1. The van der Waals surface area contributed by atoms with Crippen molar-refractivity contribution < 1.29 is 14.3 Å². The van der Waals surface area contributed by atoms with E-state index in [0.717, 1.165) is 54.3 Å². The van der Waals surface area contributed by atoms with Gasteiger partial charge in [-0.05, 0) is 42.5 Å². The first kappa shape index (κ1) is 17.6. The number of anilines is 1. The number of morpholine rings is 1. The van der Waals surface area contributed by atoms with Gasteiger partial charge < -0.3 is 19.4 Å². The number of aliphatic imine (C=N–C) groups is 1. The van der Waals surface area contributed by atoms with Gasteiger partial charge in [0.05, 0.1) is 25.3 Å². The lowest BCUT2D eigenvalue weighted by atomic mass is 10.1. The second-order valence-corrected chi connectivity index (χ2v) is 6.98. The molecule has 0 radical (unpaired) electrons. The van der Waals surface area contributed by atoms with E-state index in [0.29, 0.717) is 11.7 Å². The van der Waals surface area contributed by atoms with Crippen molar-refractivity contribution in [1.29, 1.82) is 0 Å². The van der Waals surface area contributed by atoms with Gasteiger partial charge in [-0.1, -0.05) is 0 Å². The Bertz CT molecular complexity index is 1110. The van der Waals surface area contributed by atoms with Gasteiger partial charge in [-0.2, -0.15) is 0 Å². The highest BCUT2D eigenvalue weighted by Gasteiger charge is 2.26. The number of nitrogens with one attached hydrogen (secondary N) is 1. The first-order valence-electron chi connectivity index (χ1n) is 9.61. The number of carbonyl (C=O) groups is 1. The number of Topliss-reactive ketones (excluding diaryl/α,β-unsaturated/α-hetero) is 1. The fourth-order valence-corrected chi connectivity index (χ4v) is 3.56. The first-order chi connectivity index (χ1) is 14.3. The number of aromatic nitrogens is 2. The zero-order chi connectivity index (χ0) is 19.6. The molecule has 29 heavy (non-hydrogen) atoms. The van der Waals surface area contributed by atoms with Crippen LogP contribution < -0.4 is 4.90 Å². The van der Waals surface area contributed by atoms with Crippen LogP contribution in [0.15, 0.2) is 59.5 Å². The fraction of sp³-hybridized carbons (Fsp3) is 0.227. The van der Waals surface area contributed by atoms with Crippen LogP contribution in [0.3, 0.4) is 0 Å². The van der Waals surface area contributed by atoms with Gasteiger partial charge in [-0.25, -0.2) is 9.98 Å². The predicted octanol–water partition coefficient (Wildman–Crippen LogP) is 3.46. The third kappa shape index (κ3) is 3.64. The Hall–Kier alpha value is -3.45.